The molecule has 25 heavy (non-hydrogen) atoms. The molecule has 4 nitrogen and oxygen atoms in total. The predicted octanol–water partition coefficient (Wildman–Crippen LogP) is 4.36. The lowest BCUT2D eigenvalue weighted by atomic mass is 9.87. The predicted molar refractivity (Wildman–Crippen MR) is 111 cm³/mol. The molecular weight excluding hydrogens is 398 g/mol. The van der Waals surface area contributed by atoms with Crippen LogP contribution in [0.4, 0.5) is 0 Å². The van der Waals surface area contributed by atoms with Crippen LogP contribution in [-0.2, 0) is 5.41 Å². The molecule has 3 N–H and O–H groups in total. The van der Waals surface area contributed by atoms with E-state index in [4.69, 9.17) is 22.7 Å². The summed E-state index contributed by atoms with van der Waals surface area (Å²) in [6.07, 6.45) is 0. The molecule has 6 heteroatoms. The van der Waals surface area contributed by atoms with E-state index in [9.17, 15) is 0 Å². The largest absolute Gasteiger partial charge is 0.487 e. The Morgan fingerprint density at radius 3 is 2.24 bits per heavy atom. The van der Waals surface area contributed by atoms with E-state index in [1.54, 1.807) is 0 Å². The maximum Gasteiger partial charge on any atom is 0.184 e. The number of nitrogens with zero attached hydrogens (tertiary/aromatic N) is 1. The smallest absolute Gasteiger partial charge is 0.184 e. The van der Waals surface area contributed by atoms with Gasteiger partial charge in [0.2, 0.25) is 0 Å². The molecule has 0 aliphatic carbocycles. The molecule has 0 amide bonds. The summed E-state index contributed by atoms with van der Waals surface area (Å²) in [6.45, 7) is 6.85. The molecule has 0 spiro atoms. The maximum absolute atomic E-state index is 5.89. The molecule has 2 rings (SSSR count). The average molecular weight is 420 g/mol. The minimum atomic E-state index is 0.114. The quantitative estimate of drug-likeness (QED) is 0.429. The molecule has 0 unspecified atom stereocenters. The van der Waals surface area contributed by atoms with Crippen molar-refractivity contribution in [1.82, 2.24) is 5.43 Å². The zero-order chi connectivity index (χ0) is 18.4. The van der Waals surface area contributed by atoms with Crippen LogP contribution in [0.15, 0.2) is 58.1 Å². The number of hydrazone groups is 1. The van der Waals surface area contributed by atoms with Gasteiger partial charge in [-0.25, -0.2) is 0 Å². The van der Waals surface area contributed by atoms with Crippen molar-refractivity contribution in [3.05, 3.63) is 64.1 Å². The third-order valence-corrected chi connectivity index (χ3v) is 4.19. The van der Waals surface area contributed by atoms with E-state index in [0.29, 0.717) is 12.3 Å². The molecule has 0 fully saturated rings. The van der Waals surface area contributed by atoms with E-state index in [-0.39, 0.29) is 10.5 Å². The number of benzene rings is 2. The van der Waals surface area contributed by atoms with Crippen molar-refractivity contribution in [1.29, 1.82) is 0 Å². The maximum atomic E-state index is 5.89. The van der Waals surface area contributed by atoms with Gasteiger partial charge in [0.1, 0.15) is 18.1 Å². The molecule has 0 aliphatic rings. The Kier molecular flexibility index (Phi) is 6.56. The van der Waals surface area contributed by atoms with Crippen LogP contribution < -0.4 is 15.9 Å². The Labute approximate surface area is 162 Å². The lowest BCUT2D eigenvalue weighted by Gasteiger charge is -2.19. The van der Waals surface area contributed by atoms with Crippen LogP contribution in [0.3, 0.4) is 0 Å². The van der Waals surface area contributed by atoms with Crippen LogP contribution in [0.25, 0.3) is 0 Å². The van der Waals surface area contributed by atoms with Crippen LogP contribution in [0.2, 0.25) is 0 Å². The van der Waals surface area contributed by atoms with Crippen LogP contribution in [0, 0.1) is 0 Å². The van der Waals surface area contributed by atoms with Gasteiger partial charge in [0.15, 0.2) is 5.11 Å². The summed E-state index contributed by atoms with van der Waals surface area (Å²) in [5.74, 6) is 0.785. The molecule has 0 aliphatic heterocycles. The summed E-state index contributed by atoms with van der Waals surface area (Å²) >= 11 is 8.25. The first-order valence-corrected chi connectivity index (χ1v) is 9.07. The zero-order valence-corrected chi connectivity index (χ0v) is 16.9. The van der Waals surface area contributed by atoms with E-state index < -0.39 is 0 Å². The molecule has 0 radical (unpaired) electrons. The first kappa shape index (κ1) is 19.4. The number of hydrogen-bond donors (Lipinski definition) is 2. The fourth-order valence-electron chi connectivity index (χ4n) is 2.15. The van der Waals surface area contributed by atoms with Crippen molar-refractivity contribution in [2.75, 3.05) is 6.61 Å². The van der Waals surface area contributed by atoms with E-state index in [2.05, 4.69) is 59.4 Å². The third kappa shape index (κ3) is 6.14. The molecule has 2 aromatic rings. The summed E-state index contributed by atoms with van der Waals surface area (Å²) < 4.78 is 6.88. The topological polar surface area (TPSA) is 59.6 Å². The fraction of sp³-hybridized carbons (Fsp3) is 0.263. The van der Waals surface area contributed by atoms with E-state index in [1.165, 1.54) is 5.56 Å². The zero-order valence-electron chi connectivity index (χ0n) is 14.5. The van der Waals surface area contributed by atoms with E-state index in [1.807, 2.05) is 36.4 Å². The number of thiocarbonyl (C=S) groups is 1. The minimum Gasteiger partial charge on any atom is -0.487 e. The van der Waals surface area contributed by atoms with Crippen LogP contribution in [0.1, 0.15) is 31.9 Å². The first-order chi connectivity index (χ1) is 11.8. The molecule has 2 aromatic carbocycles. The number of rotatable bonds is 5. The Balaban J connectivity index is 2.13. The highest BCUT2D eigenvalue weighted by Gasteiger charge is 2.13. The Morgan fingerprint density at radius 2 is 1.72 bits per heavy atom. The molecule has 0 atom stereocenters. The lowest BCUT2D eigenvalue weighted by Crippen LogP contribution is -2.27. The van der Waals surface area contributed by atoms with Gasteiger partial charge in [-0.3, -0.25) is 5.43 Å². The average Bonchev–Trinajstić information content (AvgIpc) is 2.55. The molecule has 0 saturated carbocycles. The summed E-state index contributed by atoms with van der Waals surface area (Å²) in [5, 5.41) is 4.37. The van der Waals surface area contributed by atoms with Crippen molar-refractivity contribution in [2.45, 2.75) is 26.2 Å². The number of halogens is 1. The van der Waals surface area contributed by atoms with Gasteiger partial charge in [-0.2, -0.15) is 5.10 Å². The van der Waals surface area contributed by atoms with Crippen LogP contribution in [0.5, 0.6) is 5.75 Å². The van der Waals surface area contributed by atoms with Gasteiger partial charge in [0.05, 0.1) is 0 Å². The van der Waals surface area contributed by atoms with Gasteiger partial charge in [0, 0.05) is 10.0 Å². The molecule has 132 valence electrons. The molecular formula is C19H22BrN3OS. The van der Waals surface area contributed by atoms with Gasteiger partial charge in [0.25, 0.3) is 0 Å². The number of nitrogens with two attached hydrogens (primary N) is 1. The van der Waals surface area contributed by atoms with Crippen molar-refractivity contribution in [3.63, 3.8) is 0 Å². The molecule has 0 aromatic heterocycles. The SMILES string of the molecule is CC(C)(C)c1ccc(OC/C(=N\NC(N)=S)c2ccc(Br)cc2)cc1. The van der Waals surface area contributed by atoms with Crippen molar-refractivity contribution in [2.24, 2.45) is 10.8 Å². The summed E-state index contributed by atoms with van der Waals surface area (Å²) in [5.41, 5.74) is 11.1. The van der Waals surface area contributed by atoms with Gasteiger partial charge >= 0.3 is 0 Å². The fourth-order valence-corrected chi connectivity index (χ4v) is 2.46. The summed E-state index contributed by atoms with van der Waals surface area (Å²) in [4.78, 5) is 0. The highest BCUT2D eigenvalue weighted by Crippen LogP contribution is 2.24. The van der Waals surface area contributed by atoms with E-state index >= 15 is 0 Å². The first-order valence-electron chi connectivity index (χ1n) is 7.87. The summed E-state index contributed by atoms with van der Waals surface area (Å²) in [7, 11) is 0. The minimum absolute atomic E-state index is 0.114. The van der Waals surface area contributed by atoms with Crippen molar-refractivity contribution in [3.8, 4) is 5.75 Å². The van der Waals surface area contributed by atoms with Gasteiger partial charge in [-0.05, 0) is 47.5 Å². The van der Waals surface area contributed by atoms with Crippen LogP contribution in [-0.4, -0.2) is 17.4 Å². The second-order valence-corrected chi connectivity index (χ2v) is 7.96. The second kappa shape index (κ2) is 8.45. The summed E-state index contributed by atoms with van der Waals surface area (Å²) in [6, 6.07) is 15.9. The number of ether oxygens (including phenoxy) is 1. The Morgan fingerprint density at radius 1 is 1.12 bits per heavy atom. The highest BCUT2D eigenvalue weighted by molar-refractivity contribution is 9.10. The number of nitrogens with one attached hydrogen (secondary N) is 1. The standard InChI is InChI=1S/C19H22BrN3OS/c1-19(2,3)14-6-10-16(11-7-14)24-12-17(22-23-18(21)25)13-4-8-15(20)9-5-13/h4-11H,12H2,1-3H3,(H3,21,23,25)/b22-17+. The number of hydrogen-bond acceptors (Lipinski definition) is 3. The van der Waals surface area contributed by atoms with Crippen molar-refractivity contribution < 1.29 is 4.74 Å². The Bertz CT molecular complexity index is 750. The second-order valence-electron chi connectivity index (χ2n) is 6.60. The normalized spacial score (nSPS) is 11.9. The Hall–Kier alpha value is -1.92. The lowest BCUT2D eigenvalue weighted by molar-refractivity contribution is 0.376. The van der Waals surface area contributed by atoms with Crippen LogP contribution >= 0.6 is 28.1 Å². The van der Waals surface area contributed by atoms with Gasteiger partial charge in [-0.1, -0.05) is 61.0 Å². The molecule has 0 bridgehead atoms. The van der Waals surface area contributed by atoms with Gasteiger partial charge < -0.3 is 10.5 Å². The highest BCUT2D eigenvalue weighted by atomic mass is 79.9. The monoisotopic (exact) mass is 419 g/mol. The van der Waals surface area contributed by atoms with Crippen molar-refractivity contribution >= 4 is 39.0 Å². The molecule has 0 heterocycles. The third-order valence-electron chi connectivity index (χ3n) is 3.57. The molecule has 0 saturated heterocycles. The van der Waals surface area contributed by atoms with Gasteiger partial charge in [-0.15, -0.1) is 0 Å². The van der Waals surface area contributed by atoms with E-state index in [0.717, 1.165) is 15.8 Å².